The summed E-state index contributed by atoms with van der Waals surface area (Å²) in [6.45, 7) is 0.730. The number of alkyl halides is 3. The van der Waals surface area contributed by atoms with E-state index in [9.17, 15) is 30.8 Å². The summed E-state index contributed by atoms with van der Waals surface area (Å²) >= 11 is 5.82. The second-order valence-electron chi connectivity index (χ2n) is 11.3. The maximum absolute atomic E-state index is 15.2. The van der Waals surface area contributed by atoms with Crippen LogP contribution in [-0.4, -0.2) is 65.4 Å². The zero-order chi connectivity index (χ0) is 32.7. The molecule has 9 nitrogen and oxygen atoms in total. The van der Waals surface area contributed by atoms with Gasteiger partial charge in [0, 0.05) is 49.2 Å². The molecule has 2 aliphatic heterocycles. The third kappa shape index (κ3) is 7.17. The van der Waals surface area contributed by atoms with Crippen molar-refractivity contribution in [2.24, 2.45) is 12.8 Å². The number of piperazine rings is 1. The van der Waals surface area contributed by atoms with Gasteiger partial charge in [-0.2, -0.15) is 22.6 Å². The molecule has 3 heterocycles. The number of carbonyl (C=O) groups excluding carboxylic acids is 1. The molecule has 16 heteroatoms. The lowest BCUT2D eigenvalue weighted by atomic mass is 9.87. The number of sulfonamides is 1. The molecule has 1 aromatic heterocycles. The van der Waals surface area contributed by atoms with Gasteiger partial charge in [0.2, 0.25) is 15.9 Å². The highest BCUT2D eigenvalue weighted by Gasteiger charge is 2.39. The van der Waals surface area contributed by atoms with Crippen molar-refractivity contribution < 1.29 is 35.2 Å². The van der Waals surface area contributed by atoms with Crippen LogP contribution in [0.25, 0.3) is 0 Å². The van der Waals surface area contributed by atoms with E-state index in [1.807, 2.05) is 0 Å². The smallest absolute Gasteiger partial charge is 0.324 e. The van der Waals surface area contributed by atoms with Crippen LogP contribution in [0.15, 0.2) is 42.5 Å². The summed E-state index contributed by atoms with van der Waals surface area (Å²) in [5, 5.41) is 9.22. The van der Waals surface area contributed by atoms with E-state index in [4.69, 9.17) is 17.3 Å². The molecule has 244 valence electrons. The number of amides is 1. The molecule has 2 fully saturated rings. The van der Waals surface area contributed by atoms with Crippen molar-refractivity contribution in [1.82, 2.24) is 19.4 Å². The first kappa shape index (κ1) is 33.3. The van der Waals surface area contributed by atoms with Crippen LogP contribution in [0.4, 0.5) is 27.6 Å². The summed E-state index contributed by atoms with van der Waals surface area (Å²) in [6, 6.07) is 6.32. The number of nitrogens with zero attached hydrogens (tertiary/aromatic N) is 3. The van der Waals surface area contributed by atoms with Crippen molar-refractivity contribution >= 4 is 33.2 Å². The van der Waals surface area contributed by atoms with Crippen molar-refractivity contribution in [3.63, 3.8) is 0 Å². The predicted molar refractivity (Wildman–Crippen MR) is 158 cm³/mol. The maximum Gasteiger partial charge on any atom is 0.435 e. The average Bonchev–Trinajstić information content (AvgIpc) is 3.31. The molecule has 0 aliphatic carbocycles. The standard InChI is InChI=1S/C29H32ClF5N6O3S/c1-40-24(13-25(39-40)29(33,34)35)26(16-7-10-20(30)22(32)12-16)27(36)28(42)38-23-6-2-5-21(31)19(23)9-8-18-14-37-17-4-3-11-45(43,44)41(18)15-17/h2,5-7,10,12-13,17-18,26-27,37H,3-4,8-9,11,14-15,36H2,1H3,(H,38,42). The number of fused-ring (bicyclic) bond motifs is 2. The molecule has 2 saturated heterocycles. The molecule has 2 bridgehead atoms. The minimum Gasteiger partial charge on any atom is -0.324 e. The molecule has 5 atom stereocenters. The number of aromatic nitrogens is 2. The molecule has 0 radical (unpaired) electrons. The minimum atomic E-state index is -4.80. The number of nitrogens with one attached hydrogen (secondary N) is 2. The first-order valence-electron chi connectivity index (χ1n) is 14.3. The quantitative estimate of drug-likeness (QED) is 0.309. The Morgan fingerprint density at radius 2 is 1.96 bits per heavy atom. The molecule has 2 aromatic carbocycles. The number of hydrogen-bond acceptors (Lipinski definition) is 6. The average molecular weight is 675 g/mol. The molecule has 4 N–H and O–H groups in total. The molecule has 1 amide bonds. The van der Waals surface area contributed by atoms with E-state index in [1.54, 1.807) is 0 Å². The summed E-state index contributed by atoms with van der Waals surface area (Å²) < 4.78 is 98.2. The van der Waals surface area contributed by atoms with Gasteiger partial charge in [0.1, 0.15) is 11.6 Å². The second-order valence-corrected chi connectivity index (χ2v) is 13.8. The van der Waals surface area contributed by atoms with Gasteiger partial charge in [-0.3, -0.25) is 9.48 Å². The van der Waals surface area contributed by atoms with E-state index in [1.165, 1.54) is 41.7 Å². The van der Waals surface area contributed by atoms with Gasteiger partial charge in [-0.15, -0.1) is 0 Å². The van der Waals surface area contributed by atoms with Crippen molar-refractivity contribution in [3.8, 4) is 0 Å². The summed E-state index contributed by atoms with van der Waals surface area (Å²) in [4.78, 5) is 13.6. The Kier molecular flexibility index (Phi) is 9.57. The van der Waals surface area contributed by atoms with Gasteiger partial charge in [-0.05, 0) is 61.6 Å². The van der Waals surface area contributed by atoms with E-state index in [0.717, 1.165) is 23.2 Å². The number of aryl methyl sites for hydroxylation is 1. The van der Waals surface area contributed by atoms with Crippen molar-refractivity contribution in [2.75, 3.05) is 24.2 Å². The monoisotopic (exact) mass is 674 g/mol. The van der Waals surface area contributed by atoms with E-state index in [2.05, 4.69) is 15.7 Å². The van der Waals surface area contributed by atoms with E-state index < -0.39 is 57.4 Å². The fourth-order valence-electron chi connectivity index (χ4n) is 6.03. The lowest BCUT2D eigenvalue weighted by molar-refractivity contribution is -0.141. The van der Waals surface area contributed by atoms with Crippen LogP contribution in [0.1, 0.15) is 47.7 Å². The number of carbonyl (C=O) groups is 1. The molecule has 2 aliphatic rings. The van der Waals surface area contributed by atoms with Gasteiger partial charge < -0.3 is 16.4 Å². The molecule has 45 heavy (non-hydrogen) atoms. The summed E-state index contributed by atoms with van der Waals surface area (Å²) in [6.07, 6.45) is -3.17. The molecular formula is C29H32ClF5N6O3S. The molecule has 5 rings (SSSR count). The number of rotatable bonds is 8. The first-order valence-corrected chi connectivity index (χ1v) is 16.3. The zero-order valence-corrected chi connectivity index (χ0v) is 25.7. The Morgan fingerprint density at radius 1 is 1.20 bits per heavy atom. The summed E-state index contributed by atoms with van der Waals surface area (Å²) in [5.41, 5.74) is 5.26. The number of anilines is 1. The fourth-order valence-corrected chi connectivity index (χ4v) is 7.96. The zero-order valence-electron chi connectivity index (χ0n) is 24.1. The number of nitrogens with two attached hydrogens (primary N) is 1. The third-order valence-corrected chi connectivity index (χ3v) is 10.6. The van der Waals surface area contributed by atoms with Gasteiger partial charge >= 0.3 is 6.18 Å². The van der Waals surface area contributed by atoms with Crippen molar-refractivity contribution in [3.05, 3.63) is 81.6 Å². The van der Waals surface area contributed by atoms with Gasteiger partial charge in [0.05, 0.1) is 22.7 Å². The van der Waals surface area contributed by atoms with Crippen LogP contribution in [0, 0.1) is 11.6 Å². The third-order valence-electron chi connectivity index (χ3n) is 8.36. The maximum atomic E-state index is 15.2. The number of hydrogen-bond donors (Lipinski definition) is 3. The van der Waals surface area contributed by atoms with Gasteiger partial charge in [-0.25, -0.2) is 17.2 Å². The normalized spacial score (nSPS) is 22.8. The van der Waals surface area contributed by atoms with E-state index in [-0.39, 0.29) is 52.2 Å². The van der Waals surface area contributed by atoms with Crippen LogP contribution in [0.5, 0.6) is 0 Å². The second kappa shape index (κ2) is 12.9. The minimum absolute atomic E-state index is 0.0421. The van der Waals surface area contributed by atoms with Crippen LogP contribution < -0.4 is 16.4 Å². The lowest BCUT2D eigenvalue weighted by Crippen LogP contribution is -2.57. The topological polar surface area (TPSA) is 122 Å². The Labute approximate surface area is 262 Å². The highest BCUT2D eigenvalue weighted by molar-refractivity contribution is 7.89. The van der Waals surface area contributed by atoms with Gasteiger partial charge in [-0.1, -0.05) is 23.7 Å². The Bertz CT molecular complexity index is 1680. The van der Waals surface area contributed by atoms with E-state index >= 15 is 4.39 Å². The largest absolute Gasteiger partial charge is 0.435 e. The van der Waals surface area contributed by atoms with Gasteiger partial charge in [0.15, 0.2) is 5.69 Å². The molecule has 5 unspecified atom stereocenters. The van der Waals surface area contributed by atoms with Crippen LogP contribution in [-0.2, 0) is 34.5 Å². The van der Waals surface area contributed by atoms with Crippen molar-refractivity contribution in [2.45, 2.75) is 55.9 Å². The summed E-state index contributed by atoms with van der Waals surface area (Å²) in [7, 11) is -2.23. The molecule has 0 spiro atoms. The Morgan fingerprint density at radius 3 is 2.64 bits per heavy atom. The lowest BCUT2D eigenvalue weighted by Gasteiger charge is -2.37. The van der Waals surface area contributed by atoms with Crippen LogP contribution in [0.3, 0.4) is 0 Å². The highest BCUT2D eigenvalue weighted by Crippen LogP contribution is 2.35. The van der Waals surface area contributed by atoms with E-state index in [0.29, 0.717) is 19.5 Å². The predicted octanol–water partition coefficient (Wildman–Crippen LogP) is 4.17. The Hall–Kier alpha value is -3.11. The molecule has 0 saturated carbocycles. The van der Waals surface area contributed by atoms with Gasteiger partial charge in [0.25, 0.3) is 0 Å². The molecule has 3 aromatic rings. The fraction of sp³-hybridized carbons (Fsp3) is 0.448. The SMILES string of the molecule is Cn1nc(C(F)(F)F)cc1C(c1ccc(Cl)c(F)c1)C(N)C(=O)Nc1cccc(F)c1CCC1CNC2CCCS(=O)(=O)N1C2. The van der Waals surface area contributed by atoms with Crippen LogP contribution >= 0.6 is 11.6 Å². The number of benzene rings is 2. The number of halogens is 6. The molecular weight excluding hydrogens is 643 g/mol. The van der Waals surface area contributed by atoms with Crippen molar-refractivity contribution in [1.29, 1.82) is 0 Å². The summed E-state index contributed by atoms with van der Waals surface area (Å²) in [5.74, 6) is -3.65. The van der Waals surface area contributed by atoms with Crippen LogP contribution in [0.2, 0.25) is 5.02 Å². The Balaban J connectivity index is 1.41. The first-order chi connectivity index (χ1) is 21.2. The highest BCUT2D eigenvalue weighted by atomic mass is 35.5.